The molecule has 5 nitrogen and oxygen atoms in total. The fourth-order valence-electron chi connectivity index (χ4n) is 1.60. The molecule has 0 bridgehead atoms. The van der Waals surface area contributed by atoms with Crippen LogP contribution in [0.5, 0.6) is 0 Å². The molecule has 0 aliphatic heterocycles. The van der Waals surface area contributed by atoms with Gasteiger partial charge in [0.1, 0.15) is 0 Å². The van der Waals surface area contributed by atoms with E-state index in [9.17, 15) is 4.79 Å². The van der Waals surface area contributed by atoms with Gasteiger partial charge in [0, 0.05) is 12.1 Å². The predicted octanol–water partition coefficient (Wildman–Crippen LogP) is 0.177. The number of carbonyl (C=O) groups excluding carboxylic acids is 1. The molecule has 1 fully saturated rings. The van der Waals surface area contributed by atoms with E-state index in [2.05, 4.69) is 15.5 Å². The molecule has 2 rings (SSSR count). The minimum Gasteiger partial charge on any atom is -0.348 e. The van der Waals surface area contributed by atoms with Crippen molar-refractivity contribution in [1.82, 2.24) is 15.5 Å². The van der Waals surface area contributed by atoms with E-state index in [0.29, 0.717) is 12.0 Å². The van der Waals surface area contributed by atoms with Gasteiger partial charge in [0.05, 0.1) is 17.0 Å². The van der Waals surface area contributed by atoms with Crippen LogP contribution in [0, 0.1) is 6.92 Å². The minimum absolute atomic E-state index is 0.0900. The predicted molar refractivity (Wildman–Crippen MR) is 60.0 cm³/mol. The van der Waals surface area contributed by atoms with Crippen molar-refractivity contribution in [3.63, 3.8) is 0 Å². The van der Waals surface area contributed by atoms with Crippen molar-refractivity contribution in [2.24, 2.45) is 5.73 Å². The van der Waals surface area contributed by atoms with E-state index in [1.165, 1.54) is 0 Å². The Bertz CT molecular complexity index is 418. The van der Waals surface area contributed by atoms with E-state index in [0.717, 1.165) is 17.8 Å². The number of nitrogens with zero attached hydrogens (tertiary/aromatic N) is 2. The van der Waals surface area contributed by atoms with Crippen molar-refractivity contribution >= 4 is 5.91 Å². The van der Waals surface area contributed by atoms with Gasteiger partial charge in [0.25, 0.3) is 5.91 Å². The first-order valence-electron chi connectivity index (χ1n) is 5.51. The lowest BCUT2D eigenvalue weighted by Gasteiger charge is -2.07. The second-order valence-corrected chi connectivity index (χ2v) is 4.18. The van der Waals surface area contributed by atoms with Crippen molar-refractivity contribution in [2.45, 2.75) is 38.8 Å². The van der Waals surface area contributed by atoms with E-state index in [1.54, 1.807) is 6.07 Å². The van der Waals surface area contributed by atoms with Crippen LogP contribution in [-0.2, 0) is 6.42 Å². The molecule has 1 aliphatic rings. The average molecular weight is 220 g/mol. The van der Waals surface area contributed by atoms with Crippen molar-refractivity contribution in [2.75, 3.05) is 0 Å². The van der Waals surface area contributed by atoms with Crippen molar-refractivity contribution in [3.05, 3.63) is 23.0 Å². The molecule has 5 heteroatoms. The van der Waals surface area contributed by atoms with E-state index >= 15 is 0 Å². The summed E-state index contributed by atoms with van der Waals surface area (Å²) in [6.07, 6.45) is 1.57. The number of rotatable bonds is 3. The summed E-state index contributed by atoms with van der Waals surface area (Å²) in [7, 11) is 0. The number of hydrogen-bond acceptors (Lipinski definition) is 4. The minimum atomic E-state index is -0.0900. The first kappa shape index (κ1) is 11.0. The lowest BCUT2D eigenvalue weighted by molar-refractivity contribution is 0.0948. The summed E-state index contributed by atoms with van der Waals surface area (Å²) in [5.74, 6) is -0.0900. The number of aryl methyl sites for hydroxylation is 2. The largest absolute Gasteiger partial charge is 0.348 e. The van der Waals surface area contributed by atoms with E-state index in [-0.39, 0.29) is 18.0 Å². The zero-order valence-electron chi connectivity index (χ0n) is 9.53. The maximum atomic E-state index is 11.9. The summed E-state index contributed by atoms with van der Waals surface area (Å²) >= 11 is 0. The quantitative estimate of drug-likeness (QED) is 0.761. The molecule has 0 radical (unpaired) electrons. The third-order valence-corrected chi connectivity index (χ3v) is 2.73. The van der Waals surface area contributed by atoms with Crippen molar-refractivity contribution in [1.29, 1.82) is 0 Å². The zero-order valence-corrected chi connectivity index (χ0v) is 9.53. The number of amides is 1. The molecule has 1 heterocycles. The molecule has 0 spiro atoms. The van der Waals surface area contributed by atoms with Crippen LogP contribution < -0.4 is 11.1 Å². The van der Waals surface area contributed by atoms with Crippen LogP contribution in [-0.4, -0.2) is 28.2 Å². The van der Waals surface area contributed by atoms with Gasteiger partial charge < -0.3 is 11.1 Å². The molecular formula is C11H16N4O. The van der Waals surface area contributed by atoms with E-state index in [1.807, 2.05) is 13.8 Å². The molecule has 1 aliphatic carbocycles. The lowest BCUT2D eigenvalue weighted by atomic mass is 10.1. The highest BCUT2D eigenvalue weighted by Gasteiger charge is 2.35. The monoisotopic (exact) mass is 220 g/mol. The van der Waals surface area contributed by atoms with Gasteiger partial charge in [0.15, 0.2) is 0 Å². The molecule has 16 heavy (non-hydrogen) atoms. The van der Waals surface area contributed by atoms with E-state index in [4.69, 9.17) is 5.73 Å². The van der Waals surface area contributed by atoms with Gasteiger partial charge in [-0.15, -0.1) is 0 Å². The van der Waals surface area contributed by atoms with Gasteiger partial charge >= 0.3 is 0 Å². The Balaban J connectivity index is 2.17. The smallest absolute Gasteiger partial charge is 0.253 e. The molecule has 2 atom stereocenters. The fraction of sp³-hybridized carbons (Fsp3) is 0.545. The third-order valence-electron chi connectivity index (χ3n) is 2.73. The Kier molecular flexibility index (Phi) is 2.87. The van der Waals surface area contributed by atoms with Crippen LogP contribution in [0.1, 0.15) is 35.1 Å². The lowest BCUT2D eigenvalue weighted by Crippen LogP contribution is -2.30. The van der Waals surface area contributed by atoms with Gasteiger partial charge in [-0.1, -0.05) is 6.92 Å². The Morgan fingerprint density at radius 3 is 2.88 bits per heavy atom. The Hall–Kier alpha value is -1.49. The van der Waals surface area contributed by atoms with Gasteiger partial charge in [-0.2, -0.15) is 10.2 Å². The van der Waals surface area contributed by atoms with Gasteiger partial charge in [-0.05, 0) is 25.8 Å². The number of hydrogen-bond donors (Lipinski definition) is 2. The van der Waals surface area contributed by atoms with Gasteiger partial charge in [-0.25, -0.2) is 0 Å². The second-order valence-electron chi connectivity index (χ2n) is 4.18. The number of carbonyl (C=O) groups is 1. The average Bonchev–Trinajstić information content (AvgIpc) is 2.94. The topological polar surface area (TPSA) is 80.9 Å². The molecule has 0 aromatic carbocycles. The molecule has 1 aromatic rings. The van der Waals surface area contributed by atoms with Crippen LogP contribution in [0.15, 0.2) is 6.07 Å². The molecular weight excluding hydrogens is 204 g/mol. The highest BCUT2D eigenvalue weighted by atomic mass is 16.1. The second kappa shape index (κ2) is 4.17. The third kappa shape index (κ3) is 2.19. The Labute approximate surface area is 94.4 Å². The molecule has 2 unspecified atom stereocenters. The van der Waals surface area contributed by atoms with Crippen LogP contribution in [0.25, 0.3) is 0 Å². The number of nitrogens with two attached hydrogens (primary N) is 1. The summed E-state index contributed by atoms with van der Waals surface area (Å²) in [6, 6.07) is 2.02. The van der Waals surface area contributed by atoms with Crippen LogP contribution in [0.4, 0.5) is 0 Å². The molecule has 1 amide bonds. The number of aromatic nitrogens is 2. The maximum absolute atomic E-state index is 11.9. The molecule has 1 saturated carbocycles. The highest BCUT2D eigenvalue weighted by Crippen LogP contribution is 2.19. The molecule has 3 N–H and O–H groups in total. The number of nitrogens with one attached hydrogen (secondary N) is 1. The first-order valence-corrected chi connectivity index (χ1v) is 5.51. The van der Waals surface area contributed by atoms with Crippen molar-refractivity contribution in [3.8, 4) is 0 Å². The van der Waals surface area contributed by atoms with Crippen LogP contribution in [0.2, 0.25) is 0 Å². The van der Waals surface area contributed by atoms with Gasteiger partial charge in [0.2, 0.25) is 0 Å². The molecule has 1 aromatic heterocycles. The first-order chi connectivity index (χ1) is 7.61. The zero-order chi connectivity index (χ0) is 11.7. The van der Waals surface area contributed by atoms with E-state index < -0.39 is 0 Å². The SMILES string of the molecule is CCc1nnc(C)cc1C(=O)NC1CC1N. The normalized spacial score (nSPS) is 22.9. The standard InChI is InChI=1S/C11H16N4O/c1-3-9-7(4-6(2)14-15-9)11(16)13-10-5-8(10)12/h4,8,10H,3,5,12H2,1-2H3,(H,13,16). The Morgan fingerprint density at radius 2 is 2.31 bits per heavy atom. The Morgan fingerprint density at radius 1 is 1.62 bits per heavy atom. The molecule has 0 saturated heterocycles. The maximum Gasteiger partial charge on any atom is 0.253 e. The summed E-state index contributed by atoms with van der Waals surface area (Å²) in [4.78, 5) is 11.9. The van der Waals surface area contributed by atoms with Crippen LogP contribution >= 0.6 is 0 Å². The highest BCUT2D eigenvalue weighted by molar-refractivity contribution is 5.95. The summed E-state index contributed by atoms with van der Waals surface area (Å²) in [5, 5.41) is 10.9. The van der Waals surface area contributed by atoms with Crippen LogP contribution in [0.3, 0.4) is 0 Å². The summed E-state index contributed by atoms with van der Waals surface area (Å²) in [6.45, 7) is 3.78. The molecule has 86 valence electrons. The summed E-state index contributed by atoms with van der Waals surface area (Å²) in [5.41, 5.74) is 7.76. The summed E-state index contributed by atoms with van der Waals surface area (Å²) < 4.78 is 0. The fourth-order valence-corrected chi connectivity index (χ4v) is 1.60. The van der Waals surface area contributed by atoms with Gasteiger partial charge in [-0.3, -0.25) is 4.79 Å². The van der Waals surface area contributed by atoms with Crippen molar-refractivity contribution < 1.29 is 4.79 Å².